The summed E-state index contributed by atoms with van der Waals surface area (Å²) in [6, 6.07) is 12.4. The molecule has 1 aliphatic heterocycles. The number of rotatable bonds is 8. The van der Waals surface area contributed by atoms with E-state index in [1.165, 1.54) is 0 Å². The predicted molar refractivity (Wildman–Crippen MR) is 128 cm³/mol. The molecule has 0 saturated carbocycles. The first-order valence-corrected chi connectivity index (χ1v) is 11.6. The monoisotopic (exact) mass is 498 g/mol. The summed E-state index contributed by atoms with van der Waals surface area (Å²) in [6.07, 6.45) is 1.69. The van der Waals surface area contributed by atoms with Crippen LogP contribution in [0.25, 0.3) is 11.0 Å². The summed E-state index contributed by atoms with van der Waals surface area (Å²) in [5, 5.41) is 0.462. The van der Waals surface area contributed by atoms with Crippen molar-refractivity contribution in [3.63, 3.8) is 0 Å². The number of ether oxygens (including phenoxy) is 1. The van der Waals surface area contributed by atoms with Crippen LogP contribution in [0.2, 0.25) is 0 Å². The summed E-state index contributed by atoms with van der Waals surface area (Å²) in [5.74, 6) is 0.622. The van der Waals surface area contributed by atoms with E-state index in [0.717, 1.165) is 35.2 Å². The van der Waals surface area contributed by atoms with Gasteiger partial charge in [0.15, 0.2) is 5.43 Å². The molecule has 1 atom stereocenters. The Morgan fingerprint density at radius 2 is 1.97 bits per heavy atom. The fraction of sp³-hybridized carbons (Fsp3) is 0.360. The maximum atomic E-state index is 13.6. The third-order valence-electron chi connectivity index (χ3n) is 5.58. The van der Waals surface area contributed by atoms with Crippen molar-refractivity contribution >= 4 is 32.8 Å². The molecule has 0 aliphatic carbocycles. The van der Waals surface area contributed by atoms with E-state index in [9.17, 15) is 9.59 Å². The number of benzene rings is 2. The minimum Gasteiger partial charge on any atom is -0.494 e. The molecule has 1 aliphatic rings. The van der Waals surface area contributed by atoms with Gasteiger partial charge in [0.2, 0.25) is 5.76 Å². The van der Waals surface area contributed by atoms with Gasteiger partial charge in [-0.25, -0.2) is 0 Å². The molecule has 0 radical (unpaired) electrons. The lowest BCUT2D eigenvalue weighted by atomic mass is 9.98. The first kappa shape index (κ1) is 22.6. The molecule has 0 N–H and O–H groups in total. The smallest absolute Gasteiger partial charge is 0.290 e. The normalized spacial score (nSPS) is 15.6. The van der Waals surface area contributed by atoms with Gasteiger partial charge in [-0.2, -0.15) is 0 Å². The lowest BCUT2D eigenvalue weighted by molar-refractivity contribution is 0.0722. The van der Waals surface area contributed by atoms with E-state index in [2.05, 4.69) is 27.8 Å². The summed E-state index contributed by atoms with van der Waals surface area (Å²) in [4.78, 5) is 30.8. The Bertz CT molecular complexity index is 1200. The van der Waals surface area contributed by atoms with Crippen molar-refractivity contribution in [2.45, 2.75) is 25.8 Å². The first-order chi connectivity index (χ1) is 15.4. The number of carbonyl (C=O) groups excluding carboxylic acids is 1. The molecule has 4 rings (SSSR count). The van der Waals surface area contributed by atoms with Crippen LogP contribution in [0.3, 0.4) is 0 Å². The van der Waals surface area contributed by atoms with Crippen LogP contribution in [-0.2, 0) is 0 Å². The van der Waals surface area contributed by atoms with E-state index in [4.69, 9.17) is 9.15 Å². The van der Waals surface area contributed by atoms with E-state index >= 15 is 0 Å². The molecule has 0 spiro atoms. The molecule has 6 nitrogen and oxygen atoms in total. The second kappa shape index (κ2) is 9.46. The average Bonchev–Trinajstić information content (AvgIpc) is 3.05. The molecule has 0 bridgehead atoms. The molecule has 1 aromatic heterocycles. The van der Waals surface area contributed by atoms with Crippen LogP contribution >= 0.6 is 15.9 Å². The third-order valence-corrected chi connectivity index (χ3v) is 6.07. The number of amides is 1. The highest BCUT2D eigenvalue weighted by atomic mass is 79.9. The van der Waals surface area contributed by atoms with Crippen molar-refractivity contribution in [2.75, 3.05) is 33.8 Å². The molecule has 1 amide bonds. The van der Waals surface area contributed by atoms with Crippen LogP contribution in [0.4, 0.5) is 0 Å². The lowest BCUT2D eigenvalue weighted by Crippen LogP contribution is -2.32. The Balaban J connectivity index is 1.84. The molecular formula is C25H27BrN2O4. The lowest BCUT2D eigenvalue weighted by Gasteiger charge is -2.26. The first-order valence-electron chi connectivity index (χ1n) is 10.9. The molecule has 32 heavy (non-hydrogen) atoms. The number of carbonyl (C=O) groups is 1. The summed E-state index contributed by atoms with van der Waals surface area (Å²) in [7, 11) is 4.00. The Hall–Kier alpha value is -2.64. The SMILES string of the molecule is CCCOc1cccc(C2c3c(oc4ccc(Br)cc4c3=O)C(=O)N2CCCN(C)C)c1. The van der Waals surface area contributed by atoms with Gasteiger partial charge in [-0.3, -0.25) is 9.59 Å². The zero-order chi connectivity index (χ0) is 22.8. The van der Waals surface area contributed by atoms with Gasteiger partial charge in [-0.15, -0.1) is 0 Å². The fourth-order valence-electron chi connectivity index (χ4n) is 4.12. The van der Waals surface area contributed by atoms with Crippen molar-refractivity contribution in [3.8, 4) is 5.75 Å². The summed E-state index contributed by atoms with van der Waals surface area (Å²) in [6.45, 7) is 4.02. The van der Waals surface area contributed by atoms with Crippen molar-refractivity contribution in [1.82, 2.24) is 9.80 Å². The Morgan fingerprint density at radius 1 is 1.16 bits per heavy atom. The van der Waals surface area contributed by atoms with E-state index in [-0.39, 0.29) is 17.1 Å². The number of fused-ring (bicyclic) bond motifs is 2. The minimum absolute atomic E-state index is 0.138. The number of halogens is 1. The molecule has 2 heterocycles. The molecule has 3 aromatic rings. The summed E-state index contributed by atoms with van der Waals surface area (Å²) >= 11 is 3.43. The van der Waals surface area contributed by atoms with E-state index in [1.54, 1.807) is 23.1 Å². The van der Waals surface area contributed by atoms with Gasteiger partial charge in [-0.1, -0.05) is 35.0 Å². The van der Waals surface area contributed by atoms with Crippen LogP contribution in [0, 0.1) is 0 Å². The van der Waals surface area contributed by atoms with Crippen LogP contribution < -0.4 is 10.2 Å². The van der Waals surface area contributed by atoms with Gasteiger partial charge < -0.3 is 19.0 Å². The summed E-state index contributed by atoms with van der Waals surface area (Å²) < 4.78 is 12.6. The van der Waals surface area contributed by atoms with Crippen LogP contribution in [-0.4, -0.2) is 49.5 Å². The van der Waals surface area contributed by atoms with Crippen molar-refractivity contribution in [3.05, 3.63) is 74.0 Å². The van der Waals surface area contributed by atoms with Gasteiger partial charge in [0.25, 0.3) is 5.91 Å². The zero-order valence-electron chi connectivity index (χ0n) is 18.6. The molecule has 0 fully saturated rings. The standard InChI is InChI=1S/C25H27BrN2O4/c1-4-13-31-18-8-5-7-16(14-18)22-21-23(29)19-15-17(26)9-10-20(19)32-24(21)25(30)28(22)12-6-11-27(2)3/h5,7-10,14-15,22H,4,6,11-13H2,1-3H3. The maximum Gasteiger partial charge on any atom is 0.290 e. The van der Waals surface area contributed by atoms with Crippen molar-refractivity contribution in [2.24, 2.45) is 0 Å². The zero-order valence-corrected chi connectivity index (χ0v) is 20.1. The highest BCUT2D eigenvalue weighted by Crippen LogP contribution is 2.39. The second-order valence-corrected chi connectivity index (χ2v) is 9.21. The Kier molecular flexibility index (Phi) is 6.67. The van der Waals surface area contributed by atoms with Gasteiger partial charge in [-0.05, 0) is 69.4 Å². The molecule has 7 heteroatoms. The van der Waals surface area contributed by atoms with Gasteiger partial charge in [0.1, 0.15) is 11.3 Å². The fourth-order valence-corrected chi connectivity index (χ4v) is 4.48. The van der Waals surface area contributed by atoms with Crippen LogP contribution in [0.15, 0.2) is 56.1 Å². The topological polar surface area (TPSA) is 63.0 Å². The Labute approximate surface area is 195 Å². The van der Waals surface area contributed by atoms with Crippen molar-refractivity contribution in [1.29, 1.82) is 0 Å². The molecular weight excluding hydrogens is 472 g/mol. The highest BCUT2D eigenvalue weighted by Gasteiger charge is 2.42. The van der Waals surface area contributed by atoms with Gasteiger partial charge in [0, 0.05) is 11.0 Å². The highest BCUT2D eigenvalue weighted by molar-refractivity contribution is 9.10. The molecule has 168 valence electrons. The third kappa shape index (κ3) is 4.32. The largest absolute Gasteiger partial charge is 0.494 e. The number of hydrogen-bond donors (Lipinski definition) is 0. The van der Waals surface area contributed by atoms with Gasteiger partial charge >= 0.3 is 0 Å². The van der Waals surface area contributed by atoms with E-state index in [1.807, 2.05) is 38.4 Å². The molecule has 2 aromatic carbocycles. The number of hydrogen-bond acceptors (Lipinski definition) is 5. The number of nitrogens with zero attached hydrogens (tertiary/aromatic N) is 2. The Morgan fingerprint density at radius 3 is 2.72 bits per heavy atom. The quantitative estimate of drug-likeness (QED) is 0.444. The van der Waals surface area contributed by atoms with E-state index < -0.39 is 6.04 Å². The summed E-state index contributed by atoms with van der Waals surface area (Å²) in [5.41, 5.74) is 1.49. The second-order valence-electron chi connectivity index (χ2n) is 8.29. The van der Waals surface area contributed by atoms with E-state index in [0.29, 0.717) is 29.7 Å². The van der Waals surface area contributed by atoms with Gasteiger partial charge in [0.05, 0.1) is 23.6 Å². The minimum atomic E-state index is -0.510. The van der Waals surface area contributed by atoms with Crippen molar-refractivity contribution < 1.29 is 13.9 Å². The molecule has 1 unspecified atom stereocenters. The maximum absolute atomic E-state index is 13.6. The van der Waals surface area contributed by atoms with Crippen LogP contribution in [0.5, 0.6) is 5.75 Å². The van der Waals surface area contributed by atoms with Crippen LogP contribution in [0.1, 0.15) is 47.5 Å². The predicted octanol–water partition coefficient (Wildman–Crippen LogP) is 4.84. The average molecular weight is 499 g/mol. The molecule has 0 saturated heterocycles.